The highest BCUT2D eigenvalue weighted by Crippen LogP contribution is 2.50. The van der Waals surface area contributed by atoms with Gasteiger partial charge < -0.3 is 14.4 Å². The van der Waals surface area contributed by atoms with E-state index in [1.165, 1.54) is 11.1 Å². The van der Waals surface area contributed by atoms with Crippen LogP contribution in [-0.4, -0.2) is 57.7 Å². The van der Waals surface area contributed by atoms with Crippen molar-refractivity contribution >= 4 is 65.3 Å². The molecule has 0 unspecified atom stereocenters. The lowest BCUT2D eigenvalue weighted by molar-refractivity contribution is -0.668. The molecule has 5 rings (SSSR count). The van der Waals surface area contributed by atoms with Crippen molar-refractivity contribution in [3.8, 4) is 11.5 Å². The van der Waals surface area contributed by atoms with Gasteiger partial charge in [0.15, 0.2) is 6.54 Å². The Bertz CT molecular complexity index is 2010. The quantitative estimate of drug-likeness (QED) is 0.138. The van der Waals surface area contributed by atoms with Crippen molar-refractivity contribution in [2.45, 2.75) is 64.8 Å². The number of thiazole rings is 1. The van der Waals surface area contributed by atoms with E-state index in [2.05, 4.69) is 42.4 Å². The predicted octanol–water partition coefficient (Wildman–Crippen LogP) is 7.13. The molecule has 0 atom stereocenters. The molecule has 2 aliphatic rings. The molecule has 0 saturated carbocycles. The minimum Gasteiger partial charge on any atom is -0.497 e. The van der Waals surface area contributed by atoms with Gasteiger partial charge >= 0.3 is 0 Å². The Morgan fingerprint density at radius 3 is 2.38 bits per heavy atom. The first-order chi connectivity index (χ1) is 22.6. The summed E-state index contributed by atoms with van der Waals surface area (Å²) < 4.78 is 79.3. The molecule has 3 aromatic rings. The number of hydrogen-bond acceptors (Lipinski definition) is 9. The summed E-state index contributed by atoms with van der Waals surface area (Å²) in [4.78, 5) is 3.16. The highest BCUT2D eigenvalue weighted by Gasteiger charge is 2.32. The zero-order valence-electron chi connectivity index (χ0n) is 27.9. The monoisotopic (exact) mass is 735 g/mol. The van der Waals surface area contributed by atoms with Crippen LogP contribution in [0, 0.1) is 5.41 Å². The van der Waals surface area contributed by atoms with Crippen molar-refractivity contribution in [3.05, 3.63) is 69.2 Å². The smallest absolute Gasteiger partial charge is 0.265 e. The second-order valence-electron chi connectivity index (χ2n) is 12.8. The summed E-state index contributed by atoms with van der Waals surface area (Å²) in [6.45, 7) is 9.91. The third kappa shape index (κ3) is 9.01. The number of aryl methyl sites for hydroxylation is 1. The summed E-state index contributed by atoms with van der Waals surface area (Å²) >= 11 is 3.26. The molecule has 260 valence electrons. The number of anilines is 1. The first kappa shape index (κ1) is 36.4. The predicted molar refractivity (Wildman–Crippen MR) is 193 cm³/mol. The van der Waals surface area contributed by atoms with E-state index in [-0.39, 0.29) is 29.8 Å². The fraction of sp³-hybridized carbons (Fsp3) is 0.441. The number of allylic oxidation sites excluding steroid dienone is 4. The summed E-state index contributed by atoms with van der Waals surface area (Å²) in [5.41, 5.74) is 5.35. The van der Waals surface area contributed by atoms with Crippen LogP contribution in [0.25, 0.3) is 16.3 Å². The van der Waals surface area contributed by atoms with E-state index in [4.69, 9.17) is 9.47 Å². The molecule has 1 aliphatic carbocycles. The van der Waals surface area contributed by atoms with Crippen molar-refractivity contribution in [1.82, 2.24) is 0 Å². The van der Waals surface area contributed by atoms with E-state index >= 15 is 0 Å². The normalized spacial score (nSPS) is 18.3. The van der Waals surface area contributed by atoms with Crippen LogP contribution in [-0.2, 0) is 26.8 Å². The number of rotatable bonds is 13. The first-order valence-electron chi connectivity index (χ1n) is 15.8. The van der Waals surface area contributed by atoms with Crippen LogP contribution in [0.4, 0.5) is 5.69 Å². The van der Waals surface area contributed by atoms with Crippen molar-refractivity contribution < 1.29 is 40.0 Å². The number of hydrogen-bond donors (Lipinski definition) is 2. The summed E-state index contributed by atoms with van der Waals surface area (Å²) in [6, 6.07) is 11.8. The summed E-state index contributed by atoms with van der Waals surface area (Å²) in [5.74, 6) is 0.794. The van der Waals surface area contributed by atoms with Gasteiger partial charge in [0.25, 0.3) is 25.2 Å². The van der Waals surface area contributed by atoms with Gasteiger partial charge in [0, 0.05) is 30.0 Å². The maximum absolute atomic E-state index is 11.5. The van der Waals surface area contributed by atoms with Crippen LogP contribution in [0.15, 0.2) is 69.1 Å². The van der Waals surface area contributed by atoms with E-state index in [1.54, 1.807) is 30.2 Å². The van der Waals surface area contributed by atoms with Gasteiger partial charge in [0.05, 0.1) is 42.0 Å². The molecular weight excluding hydrogens is 693 g/mol. The minimum atomic E-state index is -4.09. The van der Waals surface area contributed by atoms with Crippen LogP contribution < -0.4 is 18.9 Å². The molecule has 0 amide bonds. The van der Waals surface area contributed by atoms with Crippen LogP contribution >= 0.6 is 23.1 Å². The fourth-order valence-electron chi connectivity index (χ4n) is 6.21. The van der Waals surface area contributed by atoms with E-state index in [1.807, 2.05) is 43.3 Å². The Morgan fingerprint density at radius 2 is 1.69 bits per heavy atom. The molecular formula is C34H43N2O8S4+. The van der Waals surface area contributed by atoms with Crippen LogP contribution in [0.3, 0.4) is 0 Å². The number of ether oxygens (including phenoxy) is 2. The van der Waals surface area contributed by atoms with Crippen LogP contribution in [0.5, 0.6) is 11.5 Å². The molecule has 0 radical (unpaired) electrons. The summed E-state index contributed by atoms with van der Waals surface area (Å²) in [6.07, 6.45) is 6.62. The molecule has 1 aromatic heterocycles. The van der Waals surface area contributed by atoms with E-state index < -0.39 is 20.2 Å². The largest absolute Gasteiger partial charge is 0.497 e. The van der Waals surface area contributed by atoms with Crippen molar-refractivity contribution in [1.29, 1.82) is 0 Å². The lowest BCUT2D eigenvalue weighted by atomic mass is 9.72. The Labute approximate surface area is 291 Å². The number of nitrogens with zero attached hydrogens (tertiary/aromatic N) is 2. The third-order valence-corrected chi connectivity index (χ3v) is 12.2. The molecule has 2 N–H and O–H groups in total. The topological polar surface area (TPSA) is 134 Å². The Hall–Kier alpha value is -2.88. The average molecular weight is 736 g/mol. The fourth-order valence-corrected chi connectivity index (χ4v) is 9.47. The molecule has 0 bridgehead atoms. The molecule has 2 heterocycles. The number of fused-ring (bicyclic) bond motifs is 2. The van der Waals surface area contributed by atoms with Gasteiger partial charge in [0.1, 0.15) is 16.2 Å². The average Bonchev–Trinajstić information content (AvgIpc) is 3.50. The maximum atomic E-state index is 11.5. The van der Waals surface area contributed by atoms with Crippen LogP contribution in [0.2, 0.25) is 0 Å². The van der Waals surface area contributed by atoms with Gasteiger partial charge in [-0.1, -0.05) is 36.9 Å². The second kappa shape index (κ2) is 14.5. The van der Waals surface area contributed by atoms with Gasteiger partial charge in [0.2, 0.25) is 5.52 Å². The van der Waals surface area contributed by atoms with Gasteiger partial charge in [-0.25, -0.2) is 0 Å². The summed E-state index contributed by atoms with van der Waals surface area (Å²) in [7, 11) is -6.57. The number of aromatic nitrogens is 1. The number of benzene rings is 2. The molecule has 2 aromatic carbocycles. The zero-order valence-corrected chi connectivity index (χ0v) is 31.1. The molecule has 0 fully saturated rings. The van der Waals surface area contributed by atoms with Crippen LogP contribution in [0.1, 0.15) is 58.4 Å². The number of methoxy groups -OCH3 is 1. The zero-order chi connectivity index (χ0) is 34.9. The lowest BCUT2D eigenvalue weighted by Crippen LogP contribution is -2.36. The van der Waals surface area contributed by atoms with Crippen molar-refractivity contribution in [2.75, 3.05) is 36.7 Å². The second-order valence-corrected chi connectivity index (χ2v) is 18.1. The van der Waals surface area contributed by atoms with Gasteiger partial charge in [-0.05, 0) is 85.6 Å². The standard InChI is InChI=1S/C34H42N2O8S4/c1-6-44-27-10-12-31-29(20-27)36(14-8-16-48(40,41)42)33(46-31)18-25-22-34(3,4)21-24(23(25)2)17-32-35(13-7-15-47(37,38)39)28-19-26(43-5)9-11-30(28)45-32/h9-12,17-20H,6-8,13-16,21-22H2,1-5H3,(H-,37,38,39,40,41,42)/p+1. The highest BCUT2D eigenvalue weighted by molar-refractivity contribution is 8.03. The van der Waals surface area contributed by atoms with Crippen molar-refractivity contribution in [3.63, 3.8) is 0 Å². The molecule has 48 heavy (non-hydrogen) atoms. The molecule has 0 spiro atoms. The Balaban J connectivity index is 1.56. The summed E-state index contributed by atoms with van der Waals surface area (Å²) in [5, 5.41) is 1.96. The third-order valence-electron chi connectivity index (χ3n) is 8.42. The van der Waals surface area contributed by atoms with Gasteiger partial charge in [-0.2, -0.15) is 21.4 Å². The van der Waals surface area contributed by atoms with Gasteiger partial charge in [-0.15, -0.1) is 0 Å². The lowest BCUT2D eigenvalue weighted by Gasteiger charge is -2.33. The highest BCUT2D eigenvalue weighted by atomic mass is 32.2. The number of thioether (sulfide) groups is 1. The maximum Gasteiger partial charge on any atom is 0.265 e. The molecule has 1 aliphatic heterocycles. The SMILES string of the molecule is CCOc1ccc2c(c1)N(CCCS(=O)(=O)O)C(=CC1=C(C)C(=Cc3sc4ccc(OC)cc4[n+]3CCCS(=O)(=O)O)CC(C)(C)C1)S2. The first-order valence-corrected chi connectivity index (χ1v) is 20.7. The minimum absolute atomic E-state index is 0.0541. The Morgan fingerprint density at radius 1 is 0.979 bits per heavy atom. The molecule has 10 nitrogen and oxygen atoms in total. The molecule has 14 heteroatoms. The van der Waals surface area contributed by atoms with Gasteiger partial charge in [-0.3, -0.25) is 9.11 Å². The Kier molecular flexibility index (Phi) is 11.0. The molecule has 0 saturated heterocycles. The van der Waals surface area contributed by atoms with E-state index in [9.17, 15) is 25.9 Å². The van der Waals surface area contributed by atoms with E-state index in [0.29, 0.717) is 25.4 Å². The van der Waals surface area contributed by atoms with E-state index in [0.717, 1.165) is 55.0 Å². The van der Waals surface area contributed by atoms with Crippen molar-refractivity contribution in [2.24, 2.45) is 5.41 Å².